The molecule has 7 heteroatoms. The Hall–Kier alpha value is 0.687. The Balaban J connectivity index is 1.98. The van der Waals surface area contributed by atoms with Gasteiger partial charge >= 0.3 is 7.58 Å². The molecule has 3 aliphatic rings. The molecule has 0 radical (unpaired) electrons. The Morgan fingerprint density at radius 2 is 1.52 bits per heavy atom. The van der Waals surface area contributed by atoms with Crippen molar-refractivity contribution in [1.29, 1.82) is 0 Å². The number of fused-ring (bicyclic) bond motifs is 2. The molecular weight excluding hydrogens is 364 g/mol. The Bertz CT molecular complexity index is 492. The highest BCUT2D eigenvalue weighted by Crippen LogP contribution is 2.71. The molecule has 3 rings (SSSR count). The van der Waals surface area contributed by atoms with Crippen LogP contribution in [0.4, 0.5) is 0 Å². The van der Waals surface area contributed by atoms with E-state index < -0.39 is 15.8 Å². The summed E-state index contributed by atoms with van der Waals surface area (Å²) in [7, 11) is -2.23. The molecule has 3 nitrogen and oxygen atoms in total. The minimum absolute atomic E-state index is 0.201. The topological polar surface area (TPSA) is 18.5 Å². The van der Waals surface area contributed by atoms with E-state index in [2.05, 4.69) is 55.9 Å². The summed E-state index contributed by atoms with van der Waals surface area (Å²) < 4.78 is 5.40. The van der Waals surface area contributed by atoms with Gasteiger partial charge in [0.25, 0.3) is 0 Å². The number of nitrogens with one attached hydrogen (secondary N) is 1. The molecule has 2 aliphatic carbocycles. The van der Waals surface area contributed by atoms with E-state index in [1.165, 1.54) is 25.0 Å². The fourth-order valence-corrected chi connectivity index (χ4v) is 8.75. The van der Waals surface area contributed by atoms with Crippen LogP contribution in [0.5, 0.6) is 0 Å². The van der Waals surface area contributed by atoms with E-state index in [4.69, 9.17) is 22.2 Å². The van der Waals surface area contributed by atoms with Crippen LogP contribution in [-0.4, -0.2) is 34.7 Å². The molecule has 2 fully saturated rings. The zero-order valence-electron chi connectivity index (χ0n) is 15.2. The van der Waals surface area contributed by atoms with Crippen molar-refractivity contribution < 1.29 is 0 Å². The van der Waals surface area contributed by atoms with E-state index in [-0.39, 0.29) is 11.1 Å². The second-order valence-electron chi connectivity index (χ2n) is 9.02. The predicted molar refractivity (Wildman–Crippen MR) is 105 cm³/mol. The lowest BCUT2D eigenvalue weighted by Crippen LogP contribution is -2.60. The zero-order chi connectivity index (χ0) is 17.2. The number of nitrogens with zero attached hydrogens (tertiary/aromatic N) is 2. The van der Waals surface area contributed by atoms with Gasteiger partial charge in [-0.1, -0.05) is 0 Å². The maximum atomic E-state index is 6.22. The smallest absolute Gasteiger partial charge is 0.334 e. The van der Waals surface area contributed by atoms with Gasteiger partial charge in [0.1, 0.15) is 0 Å². The lowest BCUT2D eigenvalue weighted by atomic mass is 10.1. The number of allylic oxidation sites excluding steroid dienone is 2. The SMILES string of the molecule is CC(C)(C)N1CN(C(C)(C)C)P1C1=C(N[SiH](Cl)Cl)[C@@H]2CC[C@H]1C2. The minimum Gasteiger partial charge on any atom is -0.392 e. The number of halogens is 2. The van der Waals surface area contributed by atoms with E-state index in [0.29, 0.717) is 5.92 Å². The van der Waals surface area contributed by atoms with Crippen LogP contribution >= 0.6 is 30.4 Å². The molecule has 2 atom stereocenters. The van der Waals surface area contributed by atoms with E-state index in [1.807, 2.05) is 0 Å². The molecule has 1 N–H and O–H groups in total. The summed E-state index contributed by atoms with van der Waals surface area (Å²) in [4.78, 5) is 3.53. The first-order chi connectivity index (χ1) is 10.5. The van der Waals surface area contributed by atoms with Gasteiger partial charge in [0.15, 0.2) is 0 Å². The maximum absolute atomic E-state index is 6.22. The Morgan fingerprint density at radius 1 is 1.00 bits per heavy atom. The van der Waals surface area contributed by atoms with Crippen molar-refractivity contribution in [3.8, 4) is 0 Å². The first-order valence-corrected chi connectivity index (χ1v) is 14.0. The van der Waals surface area contributed by atoms with Gasteiger partial charge in [0, 0.05) is 22.1 Å². The largest absolute Gasteiger partial charge is 0.392 e. The highest BCUT2D eigenvalue weighted by molar-refractivity contribution is 7.58. The van der Waals surface area contributed by atoms with Crippen LogP contribution in [-0.2, 0) is 0 Å². The third-order valence-electron chi connectivity index (χ3n) is 5.26. The van der Waals surface area contributed by atoms with Crippen molar-refractivity contribution in [2.24, 2.45) is 11.8 Å². The Kier molecular flexibility index (Phi) is 4.93. The molecule has 0 aromatic rings. The number of hydrogen-bond donors (Lipinski definition) is 1. The number of rotatable bonds is 3. The zero-order valence-corrected chi connectivity index (χ0v) is 18.7. The van der Waals surface area contributed by atoms with Gasteiger partial charge in [-0.05, 0) is 72.6 Å². The Labute approximate surface area is 153 Å². The lowest BCUT2D eigenvalue weighted by Gasteiger charge is -2.61. The molecule has 1 heterocycles. The lowest BCUT2D eigenvalue weighted by molar-refractivity contribution is 0.0783. The van der Waals surface area contributed by atoms with Crippen molar-refractivity contribution >= 4 is 38.0 Å². The second kappa shape index (κ2) is 6.14. The van der Waals surface area contributed by atoms with E-state index in [0.717, 1.165) is 12.6 Å². The van der Waals surface area contributed by atoms with Crippen LogP contribution in [0.15, 0.2) is 11.0 Å². The summed E-state index contributed by atoms with van der Waals surface area (Å²) in [5.41, 5.74) is 1.83. The molecule has 0 spiro atoms. The van der Waals surface area contributed by atoms with Crippen LogP contribution < -0.4 is 4.98 Å². The summed E-state index contributed by atoms with van der Waals surface area (Å²) in [6, 6.07) is 0. The fourth-order valence-electron chi connectivity index (χ4n) is 4.06. The van der Waals surface area contributed by atoms with Gasteiger partial charge in [0.2, 0.25) is 0 Å². The molecule has 0 aromatic heterocycles. The van der Waals surface area contributed by atoms with Crippen molar-refractivity contribution in [3.63, 3.8) is 0 Å². The number of hydrogen-bond acceptors (Lipinski definition) is 3. The summed E-state index contributed by atoms with van der Waals surface area (Å²) in [5, 5.41) is 1.66. The van der Waals surface area contributed by atoms with Crippen LogP contribution in [0.2, 0.25) is 0 Å². The Morgan fingerprint density at radius 3 is 2.00 bits per heavy atom. The van der Waals surface area contributed by atoms with Crippen LogP contribution in [0, 0.1) is 11.8 Å². The normalized spacial score (nSPS) is 30.5. The van der Waals surface area contributed by atoms with Gasteiger partial charge in [-0.2, -0.15) is 0 Å². The van der Waals surface area contributed by atoms with Gasteiger partial charge < -0.3 is 4.98 Å². The molecular formula is C16H30Cl2N3PSi. The quantitative estimate of drug-likeness (QED) is 0.418. The molecule has 23 heavy (non-hydrogen) atoms. The standard InChI is InChI=1S/C16H30Cl2N3PSi/c1-15(2,3)20-10-21(16(4,5)6)22(20)14-12-8-7-11(9-12)13(14)19-23(17)18/h11-12,19,23H,7-10H2,1-6H3/t11-,12+/m1/s1. The molecule has 1 saturated carbocycles. The summed E-state index contributed by atoms with van der Waals surface area (Å²) >= 11 is 12.4. The molecule has 132 valence electrons. The summed E-state index contributed by atoms with van der Waals surface area (Å²) in [6.07, 6.45) is 3.96. The van der Waals surface area contributed by atoms with E-state index in [9.17, 15) is 0 Å². The monoisotopic (exact) mass is 393 g/mol. The van der Waals surface area contributed by atoms with Gasteiger partial charge in [-0.25, -0.2) is 9.34 Å². The molecule has 0 amide bonds. The van der Waals surface area contributed by atoms with Crippen LogP contribution in [0.25, 0.3) is 0 Å². The molecule has 0 unspecified atom stereocenters. The average molecular weight is 394 g/mol. The van der Waals surface area contributed by atoms with Crippen molar-refractivity contribution in [3.05, 3.63) is 11.0 Å². The average Bonchev–Trinajstić information content (AvgIpc) is 2.86. The second-order valence-corrected chi connectivity index (χ2v) is 15.2. The van der Waals surface area contributed by atoms with Crippen LogP contribution in [0.3, 0.4) is 0 Å². The molecule has 2 bridgehead atoms. The highest BCUT2D eigenvalue weighted by atomic mass is 35.7. The van der Waals surface area contributed by atoms with E-state index >= 15 is 0 Å². The summed E-state index contributed by atoms with van der Waals surface area (Å²) in [6.45, 7) is 15.1. The molecule has 1 saturated heterocycles. The predicted octanol–water partition coefficient (Wildman–Crippen LogP) is 4.90. The molecule has 1 aliphatic heterocycles. The van der Waals surface area contributed by atoms with Gasteiger partial charge in [-0.3, -0.25) is 0 Å². The van der Waals surface area contributed by atoms with Crippen molar-refractivity contribution in [1.82, 2.24) is 14.3 Å². The first kappa shape index (κ1) is 18.5. The fraction of sp³-hybridized carbons (Fsp3) is 0.875. The van der Waals surface area contributed by atoms with Gasteiger partial charge in [0.05, 0.1) is 14.9 Å². The third-order valence-corrected chi connectivity index (χ3v) is 9.85. The van der Waals surface area contributed by atoms with Crippen molar-refractivity contribution in [2.75, 3.05) is 6.67 Å². The molecule has 0 aromatic carbocycles. The summed E-state index contributed by atoms with van der Waals surface area (Å²) in [5.74, 6) is 1.42. The van der Waals surface area contributed by atoms with Gasteiger partial charge in [-0.15, -0.1) is 22.2 Å². The van der Waals surface area contributed by atoms with Crippen LogP contribution in [0.1, 0.15) is 60.8 Å². The maximum Gasteiger partial charge on any atom is 0.334 e. The first-order valence-electron chi connectivity index (χ1n) is 8.64. The highest BCUT2D eigenvalue weighted by Gasteiger charge is 2.54. The minimum atomic E-state index is -1.84. The third kappa shape index (κ3) is 3.37. The van der Waals surface area contributed by atoms with Crippen molar-refractivity contribution in [2.45, 2.75) is 71.9 Å². The van der Waals surface area contributed by atoms with E-state index in [1.54, 1.807) is 5.31 Å².